The Balaban J connectivity index is 0.000000320. The molecule has 1 heterocycles. The first-order chi connectivity index (χ1) is 3.38. The van der Waals surface area contributed by atoms with Crippen molar-refractivity contribution in [3.63, 3.8) is 0 Å². The van der Waals surface area contributed by atoms with Crippen LogP contribution in [0.2, 0.25) is 0 Å². The zero-order valence-electron chi connectivity index (χ0n) is 4.39. The molecule has 0 aromatic rings. The summed E-state index contributed by atoms with van der Waals surface area (Å²) in [6.07, 6.45) is 1.16. The van der Waals surface area contributed by atoms with E-state index in [1.54, 1.807) is 0 Å². The molecule has 1 N–H and O–H groups in total. The van der Waals surface area contributed by atoms with Gasteiger partial charge in [0.2, 0.25) is 5.91 Å². The Hall–Kier alpha value is -0.240. The predicted octanol–water partition coefficient (Wildman–Crippen LogP) is 0.174. The summed E-state index contributed by atoms with van der Waals surface area (Å²) in [6, 6.07) is 0. The summed E-state index contributed by atoms with van der Waals surface area (Å²) in [5.41, 5.74) is 0. The van der Waals surface area contributed by atoms with Crippen LogP contribution in [-0.4, -0.2) is 12.5 Å². The normalized spacial score (nSPS) is 39.8. The molecule has 3 heteroatoms. The maximum atomic E-state index is 10.5. The van der Waals surface area contributed by atoms with E-state index < -0.39 is 0 Å². The zero-order valence-corrected chi connectivity index (χ0v) is 5.20. The molecule has 2 fully saturated rings. The fourth-order valence-electron chi connectivity index (χ4n) is 1.16. The first-order valence-electron chi connectivity index (χ1n) is 2.65. The molecule has 1 saturated heterocycles. The molecule has 0 aromatic heterocycles. The number of piperidine rings is 1. The Morgan fingerprint density at radius 1 is 1.62 bits per heavy atom. The van der Waals surface area contributed by atoms with Crippen molar-refractivity contribution in [2.45, 2.75) is 6.42 Å². The van der Waals surface area contributed by atoms with Gasteiger partial charge in [0.1, 0.15) is 0 Å². The molecule has 1 aliphatic heterocycles. The summed E-state index contributed by atoms with van der Waals surface area (Å²) in [4.78, 5) is 10.5. The van der Waals surface area contributed by atoms with Crippen LogP contribution in [0.15, 0.2) is 0 Å². The molecule has 1 saturated carbocycles. The molecule has 0 bridgehead atoms. The van der Waals surface area contributed by atoms with Crippen molar-refractivity contribution in [3.05, 3.63) is 0 Å². The third-order valence-corrected chi connectivity index (χ3v) is 1.80. The highest BCUT2D eigenvalue weighted by molar-refractivity contribution is 5.85. The first-order valence-corrected chi connectivity index (χ1v) is 2.65. The van der Waals surface area contributed by atoms with Crippen LogP contribution in [0.4, 0.5) is 0 Å². The van der Waals surface area contributed by atoms with E-state index in [0.717, 1.165) is 18.9 Å². The molecule has 46 valence electrons. The molecule has 0 spiro atoms. The summed E-state index contributed by atoms with van der Waals surface area (Å²) < 4.78 is 0. The maximum absolute atomic E-state index is 10.5. The quantitative estimate of drug-likeness (QED) is 0.502. The van der Waals surface area contributed by atoms with Gasteiger partial charge in [-0.15, -0.1) is 12.4 Å². The second-order valence-electron chi connectivity index (χ2n) is 2.35. The van der Waals surface area contributed by atoms with E-state index >= 15 is 0 Å². The average Bonchev–Trinajstić information content (AvgIpc) is 2.33. The van der Waals surface area contributed by atoms with E-state index in [-0.39, 0.29) is 18.3 Å². The second kappa shape index (κ2) is 1.62. The van der Waals surface area contributed by atoms with Gasteiger partial charge < -0.3 is 5.32 Å². The number of nitrogens with one attached hydrogen (secondary N) is 1. The molecule has 0 aromatic carbocycles. The van der Waals surface area contributed by atoms with Crippen molar-refractivity contribution in [3.8, 4) is 0 Å². The lowest BCUT2D eigenvalue weighted by atomic mass is 10.4. The van der Waals surface area contributed by atoms with Gasteiger partial charge in [0.25, 0.3) is 0 Å². The standard InChI is InChI=1S/C5H7NO.ClH/c7-5-4-1-3(4)2-6-5;/h3-4H,1-2H2,(H,6,7);1H/t3-,4-;/m1./s1. The van der Waals surface area contributed by atoms with Crippen LogP contribution < -0.4 is 5.32 Å². The van der Waals surface area contributed by atoms with Gasteiger partial charge in [0.15, 0.2) is 0 Å². The van der Waals surface area contributed by atoms with Crippen molar-refractivity contribution in [1.82, 2.24) is 5.32 Å². The van der Waals surface area contributed by atoms with E-state index in [1.807, 2.05) is 0 Å². The van der Waals surface area contributed by atoms with Crippen molar-refractivity contribution in [2.75, 3.05) is 6.54 Å². The van der Waals surface area contributed by atoms with Crippen LogP contribution in [0.25, 0.3) is 0 Å². The lowest BCUT2D eigenvalue weighted by molar-refractivity contribution is -0.120. The minimum atomic E-state index is 0. The van der Waals surface area contributed by atoms with Gasteiger partial charge in [-0.25, -0.2) is 0 Å². The fourth-order valence-corrected chi connectivity index (χ4v) is 1.16. The Morgan fingerprint density at radius 3 is 2.50 bits per heavy atom. The van der Waals surface area contributed by atoms with E-state index in [4.69, 9.17) is 0 Å². The molecule has 2 aliphatic rings. The molecule has 1 amide bonds. The highest BCUT2D eigenvalue weighted by Gasteiger charge is 2.47. The number of carbonyl (C=O) groups is 1. The molecule has 1 aliphatic carbocycles. The van der Waals surface area contributed by atoms with Gasteiger partial charge in [-0.2, -0.15) is 0 Å². The van der Waals surface area contributed by atoms with Crippen LogP contribution in [-0.2, 0) is 4.79 Å². The molecule has 2 atom stereocenters. The third kappa shape index (κ3) is 0.599. The largest absolute Gasteiger partial charge is 0.356 e. The first kappa shape index (κ1) is 5.89. The number of carbonyl (C=O) groups excluding carboxylic acids is 1. The van der Waals surface area contributed by atoms with Crippen LogP contribution in [0.3, 0.4) is 0 Å². The lowest BCUT2D eigenvalue weighted by Gasteiger charge is -1.89. The number of hydrogen-bond acceptors (Lipinski definition) is 1. The van der Waals surface area contributed by atoms with Gasteiger partial charge in [-0.1, -0.05) is 0 Å². The summed E-state index contributed by atoms with van der Waals surface area (Å²) in [5, 5.41) is 2.78. The number of hydrogen-bond donors (Lipinski definition) is 1. The molecule has 0 unspecified atom stereocenters. The van der Waals surface area contributed by atoms with Crippen molar-refractivity contribution >= 4 is 18.3 Å². The van der Waals surface area contributed by atoms with Crippen molar-refractivity contribution < 1.29 is 4.79 Å². The second-order valence-corrected chi connectivity index (χ2v) is 2.35. The minimum absolute atomic E-state index is 0. The Bertz CT molecular complexity index is 126. The topological polar surface area (TPSA) is 29.1 Å². The highest BCUT2D eigenvalue weighted by atomic mass is 35.5. The van der Waals surface area contributed by atoms with E-state index in [0.29, 0.717) is 5.92 Å². The smallest absolute Gasteiger partial charge is 0.223 e. The summed E-state index contributed by atoms with van der Waals surface area (Å²) in [5.74, 6) is 1.44. The summed E-state index contributed by atoms with van der Waals surface area (Å²) >= 11 is 0. The van der Waals surface area contributed by atoms with Gasteiger partial charge in [-0.05, 0) is 12.3 Å². The predicted molar refractivity (Wildman–Crippen MR) is 31.9 cm³/mol. The van der Waals surface area contributed by atoms with Crippen LogP contribution in [0.1, 0.15) is 6.42 Å². The van der Waals surface area contributed by atoms with Gasteiger partial charge in [0, 0.05) is 12.5 Å². The monoisotopic (exact) mass is 133 g/mol. The SMILES string of the molecule is Cl.O=C1NC[C@H]2C[C@@H]12. The summed E-state index contributed by atoms with van der Waals surface area (Å²) in [6.45, 7) is 0.948. The van der Waals surface area contributed by atoms with Gasteiger partial charge >= 0.3 is 0 Å². The summed E-state index contributed by atoms with van der Waals surface area (Å²) in [7, 11) is 0. The highest BCUT2D eigenvalue weighted by Crippen LogP contribution is 2.41. The molecule has 8 heavy (non-hydrogen) atoms. The van der Waals surface area contributed by atoms with Crippen molar-refractivity contribution in [1.29, 1.82) is 0 Å². The Kier molecular flexibility index (Phi) is 1.19. The Labute approximate surface area is 54.1 Å². The molecular weight excluding hydrogens is 126 g/mol. The number of fused-ring (bicyclic) bond motifs is 1. The Morgan fingerprint density at radius 2 is 2.38 bits per heavy atom. The number of halogens is 1. The molecule has 2 rings (SSSR count). The van der Waals surface area contributed by atoms with Gasteiger partial charge in [0.05, 0.1) is 0 Å². The molecular formula is C5H8ClNO. The maximum Gasteiger partial charge on any atom is 0.223 e. The average molecular weight is 134 g/mol. The van der Waals surface area contributed by atoms with Gasteiger partial charge in [-0.3, -0.25) is 4.79 Å². The van der Waals surface area contributed by atoms with Crippen molar-refractivity contribution in [2.24, 2.45) is 11.8 Å². The number of rotatable bonds is 0. The van der Waals surface area contributed by atoms with E-state index in [1.165, 1.54) is 0 Å². The lowest BCUT2D eigenvalue weighted by Crippen LogP contribution is -2.18. The van der Waals surface area contributed by atoms with Crippen LogP contribution >= 0.6 is 12.4 Å². The zero-order chi connectivity index (χ0) is 4.85. The van der Waals surface area contributed by atoms with E-state index in [9.17, 15) is 4.79 Å². The third-order valence-electron chi connectivity index (χ3n) is 1.80. The van der Waals surface area contributed by atoms with E-state index in [2.05, 4.69) is 5.32 Å². The fraction of sp³-hybridized carbons (Fsp3) is 0.800. The van der Waals surface area contributed by atoms with Crippen LogP contribution in [0.5, 0.6) is 0 Å². The van der Waals surface area contributed by atoms with Crippen LogP contribution in [0, 0.1) is 11.8 Å². The number of amides is 1. The molecule has 0 radical (unpaired) electrons. The minimum Gasteiger partial charge on any atom is -0.356 e. The molecule has 2 nitrogen and oxygen atoms in total.